The van der Waals surface area contributed by atoms with Gasteiger partial charge < -0.3 is 19.8 Å². The predicted octanol–water partition coefficient (Wildman–Crippen LogP) is 6.18. The van der Waals surface area contributed by atoms with Gasteiger partial charge in [0.05, 0.1) is 25.1 Å². The van der Waals surface area contributed by atoms with Crippen molar-refractivity contribution in [2.75, 3.05) is 19.5 Å². The Morgan fingerprint density at radius 1 is 0.967 bits per heavy atom. The molecule has 0 aliphatic carbocycles. The van der Waals surface area contributed by atoms with E-state index in [1.165, 1.54) is 0 Å². The molecule has 4 rings (SSSR count). The van der Waals surface area contributed by atoms with Crippen LogP contribution in [0.5, 0.6) is 11.5 Å². The fourth-order valence-corrected chi connectivity index (χ4v) is 3.76. The molecule has 0 unspecified atom stereocenters. The van der Waals surface area contributed by atoms with Crippen LogP contribution in [0, 0.1) is 6.92 Å². The highest BCUT2D eigenvalue weighted by Crippen LogP contribution is 2.41. The van der Waals surface area contributed by atoms with Gasteiger partial charge in [0.2, 0.25) is 0 Å². The van der Waals surface area contributed by atoms with E-state index in [0.717, 1.165) is 32.2 Å². The van der Waals surface area contributed by atoms with Crippen LogP contribution in [0.4, 0.5) is 5.69 Å². The molecule has 1 heterocycles. The Morgan fingerprint density at radius 2 is 1.63 bits per heavy atom. The Morgan fingerprint density at radius 3 is 2.27 bits per heavy atom. The molecule has 0 bridgehead atoms. The van der Waals surface area contributed by atoms with Gasteiger partial charge in [-0.25, -0.2) is 0 Å². The number of carbonyl (C=O) groups is 1. The van der Waals surface area contributed by atoms with Gasteiger partial charge in [0, 0.05) is 28.0 Å². The molecule has 1 aromatic heterocycles. The van der Waals surface area contributed by atoms with E-state index < -0.39 is 0 Å². The number of aromatic nitrogens is 1. The summed E-state index contributed by atoms with van der Waals surface area (Å²) in [6.45, 7) is 2.00. The van der Waals surface area contributed by atoms with E-state index in [4.69, 9.17) is 9.47 Å². The average molecular weight is 465 g/mol. The Bertz CT molecular complexity index is 1210. The SMILES string of the molecule is COc1cc(OC)c2c(-c3ccc(Br)cc3)c[nH]c2c1C(=O)Nc1ccc(C)cc1. The maximum atomic E-state index is 13.2. The van der Waals surface area contributed by atoms with Crippen LogP contribution < -0.4 is 14.8 Å². The molecule has 0 atom stereocenters. The van der Waals surface area contributed by atoms with Crippen molar-refractivity contribution in [2.24, 2.45) is 0 Å². The summed E-state index contributed by atoms with van der Waals surface area (Å²) in [6.07, 6.45) is 1.89. The molecule has 0 spiro atoms. The van der Waals surface area contributed by atoms with Gasteiger partial charge in [-0.15, -0.1) is 0 Å². The number of fused-ring (bicyclic) bond motifs is 1. The second kappa shape index (κ2) is 8.24. The second-order valence-electron chi connectivity index (χ2n) is 6.94. The van der Waals surface area contributed by atoms with Gasteiger partial charge in [-0.3, -0.25) is 4.79 Å². The third kappa shape index (κ3) is 3.66. The fourth-order valence-electron chi connectivity index (χ4n) is 3.50. The topological polar surface area (TPSA) is 63.4 Å². The van der Waals surface area contributed by atoms with E-state index >= 15 is 0 Å². The standard InChI is InChI=1S/C24H21BrN2O3/c1-14-4-10-17(11-5-14)27-24(28)22-20(30-3)12-19(29-2)21-18(13-26-23(21)22)15-6-8-16(25)9-7-15/h4-13,26H,1-3H3,(H,27,28). The van der Waals surface area contributed by atoms with Crippen molar-refractivity contribution in [1.82, 2.24) is 4.98 Å². The Balaban J connectivity index is 1.87. The molecule has 0 saturated heterocycles. The fraction of sp³-hybridized carbons (Fsp3) is 0.125. The number of halogens is 1. The monoisotopic (exact) mass is 464 g/mol. The number of aryl methyl sites for hydroxylation is 1. The molecule has 1 amide bonds. The third-order valence-corrected chi connectivity index (χ3v) is 5.55. The molecule has 152 valence electrons. The Kier molecular flexibility index (Phi) is 5.50. The second-order valence-corrected chi connectivity index (χ2v) is 7.85. The van der Waals surface area contributed by atoms with Crippen molar-refractivity contribution in [3.8, 4) is 22.6 Å². The van der Waals surface area contributed by atoms with Crippen molar-refractivity contribution in [1.29, 1.82) is 0 Å². The largest absolute Gasteiger partial charge is 0.496 e. The predicted molar refractivity (Wildman–Crippen MR) is 124 cm³/mol. The molecule has 3 aromatic carbocycles. The van der Waals surface area contributed by atoms with E-state index in [1.54, 1.807) is 20.3 Å². The molecule has 5 nitrogen and oxygen atoms in total. The first kappa shape index (κ1) is 20.0. The van der Waals surface area contributed by atoms with Gasteiger partial charge in [0.15, 0.2) is 0 Å². The lowest BCUT2D eigenvalue weighted by molar-refractivity contribution is 0.102. The minimum absolute atomic E-state index is 0.257. The summed E-state index contributed by atoms with van der Waals surface area (Å²) in [5.74, 6) is 0.814. The van der Waals surface area contributed by atoms with Crippen LogP contribution in [0.15, 0.2) is 65.3 Å². The normalized spacial score (nSPS) is 10.8. The number of aromatic amines is 1. The van der Waals surface area contributed by atoms with Crippen molar-refractivity contribution in [3.05, 3.63) is 76.4 Å². The number of carbonyl (C=O) groups excluding carboxylic acids is 1. The quantitative estimate of drug-likeness (QED) is 0.370. The number of hydrogen-bond acceptors (Lipinski definition) is 3. The smallest absolute Gasteiger partial charge is 0.261 e. The van der Waals surface area contributed by atoms with E-state index in [0.29, 0.717) is 22.6 Å². The molecule has 0 aliphatic rings. The van der Waals surface area contributed by atoms with E-state index in [-0.39, 0.29) is 5.91 Å². The van der Waals surface area contributed by atoms with Gasteiger partial charge >= 0.3 is 0 Å². The van der Waals surface area contributed by atoms with Gasteiger partial charge in [-0.05, 0) is 36.8 Å². The third-order valence-electron chi connectivity index (χ3n) is 5.02. The summed E-state index contributed by atoms with van der Waals surface area (Å²) in [5.41, 5.74) is 4.89. The molecular formula is C24H21BrN2O3. The first-order chi connectivity index (χ1) is 14.5. The van der Waals surface area contributed by atoms with Crippen LogP contribution in [-0.4, -0.2) is 25.1 Å². The molecule has 30 heavy (non-hydrogen) atoms. The van der Waals surface area contributed by atoms with Crippen LogP contribution >= 0.6 is 15.9 Å². The molecule has 2 N–H and O–H groups in total. The highest BCUT2D eigenvalue weighted by molar-refractivity contribution is 9.10. The lowest BCUT2D eigenvalue weighted by atomic mass is 10.0. The highest BCUT2D eigenvalue weighted by atomic mass is 79.9. The lowest BCUT2D eigenvalue weighted by Crippen LogP contribution is -2.14. The van der Waals surface area contributed by atoms with Crippen molar-refractivity contribution in [2.45, 2.75) is 6.92 Å². The first-order valence-electron chi connectivity index (χ1n) is 9.42. The van der Waals surface area contributed by atoms with Crippen molar-refractivity contribution in [3.63, 3.8) is 0 Å². The molecular weight excluding hydrogens is 444 g/mol. The van der Waals surface area contributed by atoms with Crippen LogP contribution in [0.3, 0.4) is 0 Å². The zero-order chi connectivity index (χ0) is 21.3. The molecule has 4 aromatic rings. The number of anilines is 1. The van der Waals surface area contributed by atoms with E-state index in [9.17, 15) is 4.79 Å². The summed E-state index contributed by atoms with van der Waals surface area (Å²) >= 11 is 3.47. The zero-order valence-electron chi connectivity index (χ0n) is 16.9. The average Bonchev–Trinajstić information content (AvgIpc) is 3.19. The van der Waals surface area contributed by atoms with Crippen molar-refractivity contribution >= 4 is 38.4 Å². The summed E-state index contributed by atoms with van der Waals surface area (Å²) < 4.78 is 12.2. The Labute approximate surface area is 183 Å². The number of nitrogens with one attached hydrogen (secondary N) is 2. The van der Waals surface area contributed by atoms with E-state index in [1.807, 2.05) is 61.7 Å². The number of benzene rings is 3. The zero-order valence-corrected chi connectivity index (χ0v) is 18.5. The number of ether oxygens (including phenoxy) is 2. The van der Waals surface area contributed by atoms with Crippen LogP contribution in [-0.2, 0) is 0 Å². The number of methoxy groups -OCH3 is 2. The molecule has 0 saturated carbocycles. The van der Waals surface area contributed by atoms with Gasteiger partial charge in [-0.1, -0.05) is 45.8 Å². The molecule has 0 radical (unpaired) electrons. The van der Waals surface area contributed by atoms with Crippen LogP contribution in [0.25, 0.3) is 22.0 Å². The minimum atomic E-state index is -0.257. The first-order valence-corrected chi connectivity index (χ1v) is 10.2. The van der Waals surface area contributed by atoms with Gasteiger partial charge in [0.1, 0.15) is 17.1 Å². The summed E-state index contributed by atoms with van der Waals surface area (Å²) in [6, 6.07) is 17.4. The molecule has 0 aliphatic heterocycles. The van der Waals surface area contributed by atoms with Crippen LogP contribution in [0.1, 0.15) is 15.9 Å². The molecule has 0 fully saturated rings. The summed E-state index contributed by atoms with van der Waals surface area (Å²) in [4.78, 5) is 16.5. The van der Waals surface area contributed by atoms with Gasteiger partial charge in [-0.2, -0.15) is 0 Å². The number of amides is 1. The number of rotatable bonds is 5. The van der Waals surface area contributed by atoms with Crippen molar-refractivity contribution < 1.29 is 14.3 Å². The number of H-pyrrole nitrogens is 1. The lowest BCUT2D eigenvalue weighted by Gasteiger charge is -2.14. The van der Waals surface area contributed by atoms with Gasteiger partial charge in [0.25, 0.3) is 5.91 Å². The molecule has 6 heteroatoms. The van der Waals surface area contributed by atoms with E-state index in [2.05, 4.69) is 26.2 Å². The maximum absolute atomic E-state index is 13.2. The number of hydrogen-bond donors (Lipinski definition) is 2. The Hall–Kier alpha value is -3.25. The minimum Gasteiger partial charge on any atom is -0.496 e. The van der Waals surface area contributed by atoms with Crippen LogP contribution in [0.2, 0.25) is 0 Å². The highest BCUT2D eigenvalue weighted by Gasteiger charge is 2.23. The maximum Gasteiger partial charge on any atom is 0.261 e. The summed E-state index contributed by atoms with van der Waals surface area (Å²) in [5, 5.41) is 3.79. The summed E-state index contributed by atoms with van der Waals surface area (Å²) in [7, 11) is 3.15.